The Labute approximate surface area is 157 Å². The van der Waals surface area contributed by atoms with Crippen LogP contribution >= 0.6 is 0 Å². The number of esters is 1. The van der Waals surface area contributed by atoms with Crippen LogP contribution in [0.5, 0.6) is 5.75 Å². The summed E-state index contributed by atoms with van der Waals surface area (Å²) in [6.07, 6.45) is 0.376. The molecular weight excluding hydrogens is 346 g/mol. The summed E-state index contributed by atoms with van der Waals surface area (Å²) < 4.78 is 10.6. The number of benzene rings is 2. The maximum absolute atomic E-state index is 12.2. The number of amides is 2. The third kappa shape index (κ3) is 4.00. The van der Waals surface area contributed by atoms with Gasteiger partial charge in [-0.3, -0.25) is 14.5 Å². The van der Waals surface area contributed by atoms with Gasteiger partial charge in [-0.15, -0.1) is 0 Å². The molecule has 0 saturated heterocycles. The molecule has 0 unspecified atom stereocenters. The molecule has 2 aromatic rings. The van der Waals surface area contributed by atoms with Gasteiger partial charge in [-0.1, -0.05) is 24.3 Å². The lowest BCUT2D eigenvalue weighted by Gasteiger charge is -2.14. The third-order valence-corrected chi connectivity index (χ3v) is 4.57. The van der Waals surface area contributed by atoms with Gasteiger partial charge >= 0.3 is 5.97 Å². The van der Waals surface area contributed by atoms with Crippen LogP contribution in [0.3, 0.4) is 0 Å². The highest BCUT2D eigenvalue weighted by Crippen LogP contribution is 2.22. The minimum atomic E-state index is -0.488. The van der Waals surface area contributed by atoms with Gasteiger partial charge in [0.05, 0.1) is 17.7 Å². The first-order valence-corrected chi connectivity index (χ1v) is 8.79. The monoisotopic (exact) mass is 367 g/mol. The summed E-state index contributed by atoms with van der Waals surface area (Å²) in [6, 6.07) is 12.4. The number of nitrogens with zero attached hydrogens (tertiary/aromatic N) is 1. The summed E-state index contributed by atoms with van der Waals surface area (Å²) in [5.41, 5.74) is 2.90. The van der Waals surface area contributed by atoms with Crippen molar-refractivity contribution in [3.63, 3.8) is 0 Å². The maximum atomic E-state index is 12.2. The number of carbonyl (C=O) groups is 3. The number of aryl methyl sites for hydroxylation is 1. The lowest BCUT2D eigenvalue weighted by Crippen LogP contribution is -2.31. The molecule has 1 aliphatic rings. The molecule has 140 valence electrons. The van der Waals surface area contributed by atoms with Gasteiger partial charge in [0.1, 0.15) is 5.75 Å². The highest BCUT2D eigenvalue weighted by molar-refractivity contribution is 6.21. The Bertz CT molecular complexity index is 855. The van der Waals surface area contributed by atoms with Gasteiger partial charge in [0.25, 0.3) is 11.8 Å². The Hall–Kier alpha value is -3.15. The van der Waals surface area contributed by atoms with Crippen LogP contribution in [0.2, 0.25) is 0 Å². The predicted molar refractivity (Wildman–Crippen MR) is 98.8 cm³/mol. The van der Waals surface area contributed by atoms with E-state index in [4.69, 9.17) is 9.47 Å². The summed E-state index contributed by atoms with van der Waals surface area (Å²) in [7, 11) is 0. The quantitative estimate of drug-likeness (QED) is 0.427. The minimum absolute atomic E-state index is 0.113. The zero-order chi connectivity index (χ0) is 19.4. The molecule has 0 spiro atoms. The summed E-state index contributed by atoms with van der Waals surface area (Å²) in [5, 5.41) is 0. The molecule has 3 rings (SSSR count). The molecule has 6 nitrogen and oxygen atoms in total. The number of imide groups is 1. The fourth-order valence-electron chi connectivity index (χ4n) is 2.91. The molecule has 0 fully saturated rings. The van der Waals surface area contributed by atoms with Crippen LogP contribution in [-0.4, -0.2) is 42.4 Å². The van der Waals surface area contributed by atoms with Crippen molar-refractivity contribution < 1.29 is 23.9 Å². The topological polar surface area (TPSA) is 72.9 Å². The second-order valence-corrected chi connectivity index (χ2v) is 6.37. The molecule has 0 aromatic heterocycles. The highest BCUT2D eigenvalue weighted by Gasteiger charge is 2.34. The number of carbonyl (C=O) groups excluding carboxylic acids is 3. The van der Waals surface area contributed by atoms with E-state index >= 15 is 0 Å². The van der Waals surface area contributed by atoms with Crippen LogP contribution in [0, 0.1) is 13.8 Å². The molecule has 1 aliphatic heterocycles. The molecule has 0 N–H and O–H groups in total. The van der Waals surface area contributed by atoms with Crippen LogP contribution in [0.15, 0.2) is 42.5 Å². The molecule has 1 heterocycles. The van der Waals surface area contributed by atoms with Crippen LogP contribution in [-0.2, 0) is 9.53 Å². The first-order valence-electron chi connectivity index (χ1n) is 8.79. The number of hydrogen-bond donors (Lipinski definition) is 0. The standard InChI is InChI=1S/C21H21NO5/c1-14-7-5-10-18(15(14)2)27-13-19(23)26-12-6-11-22-20(24)16-8-3-4-9-17(16)21(22)25/h3-5,7-10H,6,11-13H2,1-2H3. The Morgan fingerprint density at radius 2 is 1.63 bits per heavy atom. The maximum Gasteiger partial charge on any atom is 0.344 e. The van der Waals surface area contributed by atoms with Gasteiger partial charge in [0.15, 0.2) is 6.61 Å². The van der Waals surface area contributed by atoms with E-state index in [2.05, 4.69) is 0 Å². The van der Waals surface area contributed by atoms with Gasteiger partial charge < -0.3 is 9.47 Å². The molecule has 2 aromatic carbocycles. The average molecular weight is 367 g/mol. The van der Waals surface area contributed by atoms with Gasteiger partial charge in [0.2, 0.25) is 0 Å². The van der Waals surface area contributed by atoms with Gasteiger partial charge in [0, 0.05) is 6.54 Å². The molecule has 0 aliphatic carbocycles. The fraction of sp³-hybridized carbons (Fsp3) is 0.286. The largest absolute Gasteiger partial charge is 0.482 e. The predicted octanol–water partition coefficient (Wildman–Crippen LogP) is 2.91. The second kappa shape index (κ2) is 8.03. The first kappa shape index (κ1) is 18.6. The minimum Gasteiger partial charge on any atom is -0.482 e. The molecule has 27 heavy (non-hydrogen) atoms. The van der Waals surface area contributed by atoms with E-state index in [0.29, 0.717) is 23.3 Å². The van der Waals surface area contributed by atoms with Gasteiger partial charge in [-0.25, -0.2) is 4.79 Å². The van der Waals surface area contributed by atoms with Gasteiger partial charge in [-0.05, 0) is 49.6 Å². The Kier molecular flexibility index (Phi) is 5.54. The number of ether oxygens (including phenoxy) is 2. The van der Waals surface area contributed by atoms with E-state index in [1.54, 1.807) is 30.3 Å². The normalized spacial score (nSPS) is 12.9. The highest BCUT2D eigenvalue weighted by atomic mass is 16.6. The van der Waals surface area contributed by atoms with E-state index in [1.807, 2.05) is 26.0 Å². The molecule has 0 saturated carbocycles. The van der Waals surface area contributed by atoms with Crippen molar-refractivity contribution >= 4 is 17.8 Å². The summed E-state index contributed by atoms with van der Waals surface area (Å²) in [6.45, 7) is 4.04. The molecule has 2 amide bonds. The molecule has 0 atom stereocenters. The van der Waals surface area contributed by atoms with E-state index in [-0.39, 0.29) is 31.6 Å². The van der Waals surface area contributed by atoms with E-state index in [1.165, 1.54) is 4.90 Å². The molecular formula is C21H21NO5. The van der Waals surface area contributed by atoms with Crippen molar-refractivity contribution in [3.05, 3.63) is 64.7 Å². The zero-order valence-electron chi connectivity index (χ0n) is 15.4. The van der Waals surface area contributed by atoms with Crippen molar-refractivity contribution in [1.82, 2.24) is 4.90 Å². The fourth-order valence-corrected chi connectivity index (χ4v) is 2.91. The van der Waals surface area contributed by atoms with Crippen LogP contribution in [0.4, 0.5) is 0 Å². The van der Waals surface area contributed by atoms with E-state index in [0.717, 1.165) is 11.1 Å². The SMILES string of the molecule is Cc1cccc(OCC(=O)OCCCN2C(=O)c3ccccc3C2=O)c1C. The first-order chi connectivity index (χ1) is 13.0. The average Bonchev–Trinajstić information content (AvgIpc) is 2.91. The Balaban J connectivity index is 1.42. The lowest BCUT2D eigenvalue weighted by atomic mass is 10.1. The van der Waals surface area contributed by atoms with Gasteiger partial charge in [-0.2, -0.15) is 0 Å². The number of rotatable bonds is 7. The second-order valence-electron chi connectivity index (χ2n) is 6.37. The van der Waals surface area contributed by atoms with E-state index in [9.17, 15) is 14.4 Å². The number of fused-ring (bicyclic) bond motifs is 1. The Morgan fingerprint density at radius 3 is 2.30 bits per heavy atom. The van der Waals surface area contributed by atoms with Crippen molar-refractivity contribution in [2.75, 3.05) is 19.8 Å². The number of hydrogen-bond acceptors (Lipinski definition) is 5. The van der Waals surface area contributed by atoms with Crippen molar-refractivity contribution in [3.8, 4) is 5.75 Å². The molecule has 0 radical (unpaired) electrons. The van der Waals surface area contributed by atoms with E-state index < -0.39 is 5.97 Å². The summed E-state index contributed by atoms with van der Waals surface area (Å²) in [4.78, 5) is 37.5. The summed E-state index contributed by atoms with van der Waals surface area (Å²) in [5.74, 6) is -0.448. The van der Waals surface area contributed by atoms with Crippen LogP contribution in [0.25, 0.3) is 0 Å². The van der Waals surface area contributed by atoms with Crippen LogP contribution in [0.1, 0.15) is 38.3 Å². The lowest BCUT2D eigenvalue weighted by molar-refractivity contribution is -0.146. The molecule has 6 heteroatoms. The van der Waals surface area contributed by atoms with Crippen molar-refractivity contribution in [2.45, 2.75) is 20.3 Å². The third-order valence-electron chi connectivity index (χ3n) is 4.57. The van der Waals surface area contributed by atoms with Crippen LogP contribution < -0.4 is 4.74 Å². The summed E-state index contributed by atoms with van der Waals surface area (Å²) >= 11 is 0. The smallest absolute Gasteiger partial charge is 0.344 e. The zero-order valence-corrected chi connectivity index (χ0v) is 15.4. The molecule has 0 bridgehead atoms. The van der Waals surface area contributed by atoms with Crippen molar-refractivity contribution in [2.24, 2.45) is 0 Å². The van der Waals surface area contributed by atoms with Crippen molar-refractivity contribution in [1.29, 1.82) is 0 Å². The Morgan fingerprint density at radius 1 is 0.963 bits per heavy atom.